The molecule has 0 radical (unpaired) electrons. The summed E-state index contributed by atoms with van der Waals surface area (Å²) in [6.07, 6.45) is 7.76. The van der Waals surface area contributed by atoms with E-state index in [0.29, 0.717) is 12.8 Å². The van der Waals surface area contributed by atoms with Crippen molar-refractivity contribution in [2.75, 3.05) is 0 Å². The summed E-state index contributed by atoms with van der Waals surface area (Å²) in [5.74, 6) is -1.22. The normalized spacial score (nSPS) is 24.5. The average molecular weight is 225 g/mol. The minimum absolute atomic E-state index is 0.201. The van der Waals surface area contributed by atoms with Gasteiger partial charge in [0.15, 0.2) is 0 Å². The van der Waals surface area contributed by atoms with Crippen LogP contribution < -0.4 is 5.32 Å². The second-order valence-corrected chi connectivity index (χ2v) is 5.05. The molecule has 0 saturated heterocycles. The molecule has 2 saturated carbocycles. The highest BCUT2D eigenvalue weighted by molar-refractivity contribution is 6.04. The third-order valence-electron chi connectivity index (χ3n) is 3.78. The first-order valence-electron chi connectivity index (χ1n) is 6.19. The van der Waals surface area contributed by atoms with E-state index in [1.54, 1.807) is 0 Å². The van der Waals surface area contributed by atoms with Crippen LogP contribution in [0.5, 0.6) is 0 Å². The number of carbonyl (C=O) groups excluding carboxylic acids is 1. The Morgan fingerprint density at radius 1 is 1.06 bits per heavy atom. The number of amides is 1. The van der Waals surface area contributed by atoms with Crippen LogP contribution >= 0.6 is 0 Å². The molecule has 2 aliphatic rings. The average Bonchev–Trinajstić information content (AvgIpc) is 3.03. The Labute approximate surface area is 95.4 Å². The third kappa shape index (κ3) is 2.20. The number of hydrogen-bond donors (Lipinski definition) is 2. The maximum absolute atomic E-state index is 11.9. The van der Waals surface area contributed by atoms with Crippen LogP contribution in [-0.2, 0) is 9.59 Å². The van der Waals surface area contributed by atoms with E-state index in [1.165, 1.54) is 12.8 Å². The summed E-state index contributed by atoms with van der Waals surface area (Å²) in [6.45, 7) is 0. The second-order valence-electron chi connectivity index (χ2n) is 5.05. The van der Waals surface area contributed by atoms with Crippen molar-refractivity contribution in [3.8, 4) is 0 Å². The van der Waals surface area contributed by atoms with Crippen LogP contribution in [0.25, 0.3) is 0 Å². The van der Waals surface area contributed by atoms with E-state index in [-0.39, 0.29) is 11.9 Å². The molecular formula is C12H19NO3. The van der Waals surface area contributed by atoms with E-state index >= 15 is 0 Å². The minimum atomic E-state index is -1.08. The Morgan fingerprint density at radius 3 is 2.06 bits per heavy atom. The number of carbonyl (C=O) groups is 2. The van der Waals surface area contributed by atoms with Crippen LogP contribution in [-0.4, -0.2) is 23.0 Å². The molecule has 0 atom stereocenters. The molecule has 0 aliphatic heterocycles. The zero-order valence-electron chi connectivity index (χ0n) is 9.50. The van der Waals surface area contributed by atoms with Crippen molar-refractivity contribution in [1.82, 2.24) is 5.32 Å². The topological polar surface area (TPSA) is 66.4 Å². The first-order valence-corrected chi connectivity index (χ1v) is 6.19. The van der Waals surface area contributed by atoms with Gasteiger partial charge in [-0.05, 0) is 25.7 Å². The third-order valence-corrected chi connectivity index (χ3v) is 3.78. The van der Waals surface area contributed by atoms with Gasteiger partial charge in [-0.3, -0.25) is 9.59 Å². The highest BCUT2D eigenvalue weighted by Gasteiger charge is 2.57. The van der Waals surface area contributed by atoms with Crippen molar-refractivity contribution >= 4 is 11.9 Å². The van der Waals surface area contributed by atoms with Gasteiger partial charge in [-0.15, -0.1) is 0 Å². The van der Waals surface area contributed by atoms with Gasteiger partial charge in [0, 0.05) is 6.04 Å². The zero-order valence-corrected chi connectivity index (χ0v) is 9.50. The Bertz CT molecular complexity index is 289. The number of carboxylic acids is 1. The van der Waals surface area contributed by atoms with Crippen molar-refractivity contribution < 1.29 is 14.7 Å². The van der Waals surface area contributed by atoms with Gasteiger partial charge < -0.3 is 10.4 Å². The maximum Gasteiger partial charge on any atom is 0.319 e. The standard InChI is InChI=1S/C12H19NO3/c14-10(12(7-8-12)11(15)16)13-9-5-3-1-2-4-6-9/h9H,1-8H2,(H,13,14)(H,15,16). The van der Waals surface area contributed by atoms with Gasteiger partial charge in [0.1, 0.15) is 5.41 Å². The van der Waals surface area contributed by atoms with E-state index in [9.17, 15) is 9.59 Å². The Morgan fingerprint density at radius 2 is 1.62 bits per heavy atom. The lowest BCUT2D eigenvalue weighted by Crippen LogP contribution is -2.42. The van der Waals surface area contributed by atoms with Gasteiger partial charge >= 0.3 is 5.97 Å². The van der Waals surface area contributed by atoms with Crippen LogP contribution in [0.2, 0.25) is 0 Å². The Hall–Kier alpha value is -1.06. The van der Waals surface area contributed by atoms with Gasteiger partial charge in [0.2, 0.25) is 5.91 Å². The number of rotatable bonds is 3. The lowest BCUT2D eigenvalue weighted by atomic mass is 10.0. The first-order chi connectivity index (χ1) is 7.65. The molecule has 0 aromatic carbocycles. The highest BCUT2D eigenvalue weighted by Crippen LogP contribution is 2.46. The molecule has 4 nitrogen and oxygen atoms in total. The van der Waals surface area contributed by atoms with Crippen LogP contribution in [0.15, 0.2) is 0 Å². The van der Waals surface area contributed by atoms with Crippen LogP contribution in [0.4, 0.5) is 0 Å². The molecule has 2 aliphatic carbocycles. The molecule has 16 heavy (non-hydrogen) atoms. The molecule has 4 heteroatoms. The lowest BCUT2D eigenvalue weighted by Gasteiger charge is -2.18. The van der Waals surface area contributed by atoms with E-state index in [1.807, 2.05) is 0 Å². The monoisotopic (exact) mass is 225 g/mol. The molecule has 0 bridgehead atoms. The molecule has 0 aromatic rings. The number of nitrogens with one attached hydrogen (secondary N) is 1. The van der Waals surface area contributed by atoms with Crippen LogP contribution in [0.1, 0.15) is 51.4 Å². The summed E-state index contributed by atoms with van der Waals surface area (Å²) >= 11 is 0. The van der Waals surface area contributed by atoms with Gasteiger partial charge in [0.25, 0.3) is 0 Å². The highest BCUT2D eigenvalue weighted by atomic mass is 16.4. The van der Waals surface area contributed by atoms with Gasteiger partial charge in [-0.2, -0.15) is 0 Å². The summed E-state index contributed by atoms with van der Waals surface area (Å²) in [4.78, 5) is 22.8. The Kier molecular flexibility index (Phi) is 3.17. The fraction of sp³-hybridized carbons (Fsp3) is 0.833. The molecule has 0 spiro atoms. The Balaban J connectivity index is 1.89. The predicted molar refractivity (Wildman–Crippen MR) is 58.9 cm³/mol. The van der Waals surface area contributed by atoms with Crippen LogP contribution in [0, 0.1) is 5.41 Å². The van der Waals surface area contributed by atoms with Gasteiger partial charge in [0.05, 0.1) is 0 Å². The fourth-order valence-corrected chi connectivity index (χ4v) is 2.41. The van der Waals surface area contributed by atoms with Crippen molar-refractivity contribution in [1.29, 1.82) is 0 Å². The minimum Gasteiger partial charge on any atom is -0.480 e. The van der Waals surface area contributed by atoms with E-state index in [0.717, 1.165) is 25.7 Å². The molecule has 1 amide bonds. The van der Waals surface area contributed by atoms with Crippen molar-refractivity contribution in [3.05, 3.63) is 0 Å². The lowest BCUT2D eigenvalue weighted by molar-refractivity contribution is -0.149. The molecule has 2 fully saturated rings. The summed E-state index contributed by atoms with van der Waals surface area (Å²) < 4.78 is 0. The van der Waals surface area contributed by atoms with Crippen LogP contribution in [0.3, 0.4) is 0 Å². The SMILES string of the molecule is O=C(O)C1(C(=O)NC2CCCCCC2)CC1. The molecule has 2 rings (SSSR count). The van der Waals surface area contributed by atoms with Crippen molar-refractivity contribution in [2.24, 2.45) is 5.41 Å². The largest absolute Gasteiger partial charge is 0.480 e. The second kappa shape index (κ2) is 4.44. The smallest absolute Gasteiger partial charge is 0.319 e. The van der Waals surface area contributed by atoms with E-state index in [2.05, 4.69) is 5.32 Å². The predicted octanol–water partition coefficient (Wildman–Crippen LogP) is 1.69. The van der Waals surface area contributed by atoms with E-state index in [4.69, 9.17) is 5.11 Å². The molecule has 2 N–H and O–H groups in total. The number of aliphatic carboxylic acids is 1. The van der Waals surface area contributed by atoms with Crippen molar-refractivity contribution in [2.45, 2.75) is 57.4 Å². The molecule has 0 aromatic heterocycles. The summed E-state index contributed by atoms with van der Waals surface area (Å²) in [5, 5.41) is 11.9. The molecule has 0 unspecified atom stereocenters. The van der Waals surface area contributed by atoms with E-state index < -0.39 is 11.4 Å². The number of carboxylic acid groups (broad SMARTS) is 1. The zero-order chi connectivity index (χ0) is 11.6. The summed E-state index contributed by atoms with van der Waals surface area (Å²) in [5.41, 5.74) is -1.08. The van der Waals surface area contributed by atoms with Gasteiger partial charge in [-0.1, -0.05) is 25.7 Å². The summed E-state index contributed by atoms with van der Waals surface area (Å²) in [7, 11) is 0. The van der Waals surface area contributed by atoms with Crippen molar-refractivity contribution in [3.63, 3.8) is 0 Å². The quantitative estimate of drug-likeness (QED) is 0.567. The number of hydrogen-bond acceptors (Lipinski definition) is 2. The molecule has 90 valence electrons. The van der Waals surface area contributed by atoms with Gasteiger partial charge in [-0.25, -0.2) is 0 Å². The summed E-state index contributed by atoms with van der Waals surface area (Å²) in [6, 6.07) is 0.201. The molecular weight excluding hydrogens is 206 g/mol. The fourth-order valence-electron chi connectivity index (χ4n) is 2.41. The first kappa shape index (κ1) is 11.4. The molecule has 0 heterocycles. The maximum atomic E-state index is 11.9.